The molecule has 3 heteroatoms. The maximum Gasteiger partial charge on any atom is 0.251 e. The molecule has 0 spiro atoms. The molecular weight excluding hydrogens is 248 g/mol. The summed E-state index contributed by atoms with van der Waals surface area (Å²) in [5.41, 5.74) is 6.86. The van der Waals surface area contributed by atoms with Crippen molar-refractivity contribution in [1.29, 1.82) is 0 Å². The zero-order chi connectivity index (χ0) is 14.5. The zero-order valence-electron chi connectivity index (χ0n) is 12.1. The van der Waals surface area contributed by atoms with Gasteiger partial charge in [0, 0.05) is 17.2 Å². The van der Waals surface area contributed by atoms with Crippen LogP contribution in [0.25, 0.3) is 0 Å². The van der Waals surface area contributed by atoms with Crippen LogP contribution in [0.1, 0.15) is 42.6 Å². The summed E-state index contributed by atoms with van der Waals surface area (Å²) >= 11 is 0. The Labute approximate surface area is 120 Å². The lowest BCUT2D eigenvalue weighted by Gasteiger charge is -2.19. The number of nitrogens with two attached hydrogens (primary N) is 1. The number of rotatable bonds is 2. The molecule has 1 fully saturated rings. The SMILES string of the molecule is CC1CCC(NC(=O)c2cccc(C#CCN)c2)C1C. The minimum absolute atomic E-state index is 0.00708. The van der Waals surface area contributed by atoms with E-state index < -0.39 is 0 Å². The van der Waals surface area contributed by atoms with E-state index in [9.17, 15) is 4.79 Å². The highest BCUT2D eigenvalue weighted by molar-refractivity contribution is 5.94. The molecule has 3 N–H and O–H groups in total. The molecular formula is C17H22N2O. The van der Waals surface area contributed by atoms with Crippen LogP contribution in [0.4, 0.5) is 0 Å². The van der Waals surface area contributed by atoms with Crippen molar-refractivity contribution in [2.24, 2.45) is 17.6 Å². The summed E-state index contributed by atoms with van der Waals surface area (Å²) < 4.78 is 0. The van der Waals surface area contributed by atoms with E-state index in [0.29, 0.717) is 23.9 Å². The fourth-order valence-corrected chi connectivity index (χ4v) is 2.71. The van der Waals surface area contributed by atoms with E-state index in [1.807, 2.05) is 24.3 Å². The predicted molar refractivity (Wildman–Crippen MR) is 81.2 cm³/mol. The summed E-state index contributed by atoms with van der Waals surface area (Å²) in [6, 6.07) is 7.68. The van der Waals surface area contributed by atoms with E-state index in [1.165, 1.54) is 6.42 Å². The zero-order valence-corrected chi connectivity index (χ0v) is 12.1. The number of hydrogen-bond acceptors (Lipinski definition) is 2. The molecule has 0 aromatic heterocycles. The van der Waals surface area contributed by atoms with E-state index in [4.69, 9.17) is 5.73 Å². The molecule has 0 bridgehead atoms. The van der Waals surface area contributed by atoms with E-state index in [2.05, 4.69) is 31.0 Å². The summed E-state index contributed by atoms with van der Waals surface area (Å²) in [5, 5.41) is 3.15. The first-order valence-corrected chi connectivity index (χ1v) is 7.21. The van der Waals surface area contributed by atoms with Crippen molar-refractivity contribution < 1.29 is 4.79 Å². The first kappa shape index (κ1) is 14.6. The van der Waals surface area contributed by atoms with Gasteiger partial charge in [-0.05, 0) is 42.9 Å². The molecule has 0 heterocycles. The first-order chi connectivity index (χ1) is 9.61. The second kappa shape index (κ2) is 6.58. The highest BCUT2D eigenvalue weighted by Gasteiger charge is 2.30. The Morgan fingerprint density at radius 3 is 2.85 bits per heavy atom. The van der Waals surface area contributed by atoms with Gasteiger partial charge in [-0.15, -0.1) is 0 Å². The highest BCUT2D eigenvalue weighted by atomic mass is 16.1. The maximum absolute atomic E-state index is 12.3. The van der Waals surface area contributed by atoms with Crippen LogP contribution < -0.4 is 11.1 Å². The van der Waals surface area contributed by atoms with Gasteiger partial charge in [-0.1, -0.05) is 31.8 Å². The van der Waals surface area contributed by atoms with Crippen molar-refractivity contribution >= 4 is 5.91 Å². The molecule has 2 rings (SSSR count). The minimum atomic E-state index is -0.00708. The van der Waals surface area contributed by atoms with E-state index in [-0.39, 0.29) is 11.9 Å². The molecule has 106 valence electrons. The second-order valence-electron chi connectivity index (χ2n) is 5.58. The normalized spacial score (nSPS) is 24.9. The van der Waals surface area contributed by atoms with Gasteiger partial charge in [0.1, 0.15) is 0 Å². The quantitative estimate of drug-likeness (QED) is 0.809. The van der Waals surface area contributed by atoms with E-state index in [1.54, 1.807) is 0 Å². The maximum atomic E-state index is 12.3. The number of benzene rings is 1. The van der Waals surface area contributed by atoms with Gasteiger partial charge in [0.15, 0.2) is 0 Å². The molecule has 1 aromatic carbocycles. The number of carbonyl (C=O) groups is 1. The second-order valence-corrected chi connectivity index (χ2v) is 5.58. The van der Waals surface area contributed by atoms with Crippen molar-refractivity contribution in [3.8, 4) is 11.8 Å². The smallest absolute Gasteiger partial charge is 0.251 e. The predicted octanol–water partition coefficient (Wildman–Crippen LogP) is 2.16. The van der Waals surface area contributed by atoms with Gasteiger partial charge in [-0.25, -0.2) is 0 Å². The van der Waals surface area contributed by atoms with Crippen LogP contribution >= 0.6 is 0 Å². The molecule has 1 aliphatic rings. The van der Waals surface area contributed by atoms with Crippen molar-refractivity contribution in [2.45, 2.75) is 32.7 Å². The third kappa shape index (κ3) is 3.40. The molecule has 1 aliphatic carbocycles. The number of carbonyl (C=O) groups excluding carboxylic acids is 1. The van der Waals surface area contributed by atoms with Gasteiger partial charge >= 0.3 is 0 Å². The lowest BCUT2D eigenvalue weighted by molar-refractivity contribution is 0.0927. The molecule has 3 unspecified atom stereocenters. The highest BCUT2D eigenvalue weighted by Crippen LogP contribution is 2.31. The molecule has 0 aliphatic heterocycles. The Morgan fingerprint density at radius 2 is 2.20 bits per heavy atom. The van der Waals surface area contributed by atoms with Crippen LogP contribution in [0, 0.1) is 23.7 Å². The van der Waals surface area contributed by atoms with Gasteiger partial charge < -0.3 is 11.1 Å². The molecule has 1 aromatic rings. The molecule has 0 radical (unpaired) electrons. The van der Waals surface area contributed by atoms with Crippen LogP contribution in [0.5, 0.6) is 0 Å². The number of amides is 1. The van der Waals surface area contributed by atoms with Gasteiger partial charge in [0.05, 0.1) is 6.54 Å². The third-order valence-corrected chi connectivity index (χ3v) is 4.24. The molecule has 0 saturated heterocycles. The van der Waals surface area contributed by atoms with E-state index >= 15 is 0 Å². The topological polar surface area (TPSA) is 55.1 Å². The summed E-state index contributed by atoms with van der Waals surface area (Å²) in [6.45, 7) is 4.79. The van der Waals surface area contributed by atoms with Crippen molar-refractivity contribution in [2.75, 3.05) is 6.54 Å². The monoisotopic (exact) mass is 270 g/mol. The van der Waals surface area contributed by atoms with Gasteiger partial charge in [0.25, 0.3) is 5.91 Å². The van der Waals surface area contributed by atoms with Gasteiger partial charge in [-0.3, -0.25) is 4.79 Å². The molecule has 1 amide bonds. The molecule has 20 heavy (non-hydrogen) atoms. The molecule has 3 atom stereocenters. The van der Waals surface area contributed by atoms with Gasteiger partial charge in [0.2, 0.25) is 0 Å². The molecule has 1 saturated carbocycles. The average Bonchev–Trinajstić information content (AvgIpc) is 2.77. The Bertz CT molecular complexity index is 541. The van der Waals surface area contributed by atoms with Crippen LogP contribution in [0.15, 0.2) is 24.3 Å². The molecule has 3 nitrogen and oxygen atoms in total. The first-order valence-electron chi connectivity index (χ1n) is 7.21. The summed E-state index contributed by atoms with van der Waals surface area (Å²) in [6.07, 6.45) is 2.26. The van der Waals surface area contributed by atoms with Gasteiger partial charge in [-0.2, -0.15) is 0 Å². The standard InChI is InChI=1S/C17H22N2O/c1-12-8-9-16(13(12)2)19-17(20)15-7-3-5-14(11-15)6-4-10-18/h3,5,7,11-13,16H,8-10,18H2,1-2H3,(H,19,20). The average molecular weight is 270 g/mol. The summed E-state index contributed by atoms with van der Waals surface area (Å²) in [5.74, 6) is 6.97. The van der Waals surface area contributed by atoms with Crippen molar-refractivity contribution in [3.05, 3.63) is 35.4 Å². The fraction of sp³-hybridized carbons (Fsp3) is 0.471. The summed E-state index contributed by atoms with van der Waals surface area (Å²) in [7, 11) is 0. The lowest BCUT2D eigenvalue weighted by atomic mass is 9.97. The van der Waals surface area contributed by atoms with Crippen molar-refractivity contribution in [1.82, 2.24) is 5.32 Å². The Hall–Kier alpha value is -1.79. The summed E-state index contributed by atoms with van der Waals surface area (Å²) in [4.78, 5) is 12.3. The Morgan fingerprint density at radius 1 is 1.40 bits per heavy atom. The lowest BCUT2D eigenvalue weighted by Crippen LogP contribution is -2.37. The Balaban J connectivity index is 2.06. The Kier molecular flexibility index (Phi) is 4.81. The van der Waals surface area contributed by atoms with Crippen LogP contribution in [0.3, 0.4) is 0 Å². The van der Waals surface area contributed by atoms with Crippen LogP contribution in [0.2, 0.25) is 0 Å². The van der Waals surface area contributed by atoms with E-state index in [0.717, 1.165) is 12.0 Å². The van der Waals surface area contributed by atoms with Crippen LogP contribution in [-0.2, 0) is 0 Å². The third-order valence-electron chi connectivity index (χ3n) is 4.24. The van der Waals surface area contributed by atoms with Crippen LogP contribution in [-0.4, -0.2) is 18.5 Å². The fourth-order valence-electron chi connectivity index (χ4n) is 2.71. The number of nitrogens with one attached hydrogen (secondary N) is 1. The van der Waals surface area contributed by atoms with Crippen molar-refractivity contribution in [3.63, 3.8) is 0 Å². The number of hydrogen-bond donors (Lipinski definition) is 2. The minimum Gasteiger partial charge on any atom is -0.349 e. The largest absolute Gasteiger partial charge is 0.349 e.